The zero-order valence-electron chi connectivity index (χ0n) is 21.7. The van der Waals surface area contributed by atoms with Gasteiger partial charge in [-0.15, -0.1) is 0 Å². The van der Waals surface area contributed by atoms with Crippen molar-refractivity contribution in [1.29, 1.82) is 0 Å². The second kappa shape index (κ2) is 10.8. The number of fused-ring (bicyclic) bond motifs is 1. The predicted molar refractivity (Wildman–Crippen MR) is 139 cm³/mol. The predicted octanol–water partition coefficient (Wildman–Crippen LogP) is 2.46. The monoisotopic (exact) mass is 562 g/mol. The number of carbonyl (C=O) groups excluding carboxylic acids is 1. The Balaban J connectivity index is 1.71. The standard InChI is InChI=1S/C27H29F3N4O6/c1-25(32)14-40-23-18(25)12-21(34-22(23)15-3-6-17(31)7-4-15)26(37,27(28,29)30)13-33-24(36)16-5-8-19(39-10-9-35)20(11-16)38-2/h3-8,11-12,35,37H,9-10,13-14,31-32H2,1-2H3,(H,33,36). The lowest BCUT2D eigenvalue weighted by Gasteiger charge is -2.31. The van der Waals surface area contributed by atoms with Crippen LogP contribution in [0.1, 0.15) is 28.5 Å². The molecule has 1 aliphatic rings. The van der Waals surface area contributed by atoms with Crippen LogP contribution in [0.2, 0.25) is 0 Å². The first-order valence-electron chi connectivity index (χ1n) is 12.1. The third kappa shape index (κ3) is 5.48. The fourth-order valence-corrected chi connectivity index (χ4v) is 4.18. The average molecular weight is 563 g/mol. The minimum absolute atomic E-state index is 0.0174. The quantitative estimate of drug-likeness (QED) is 0.247. The number of alkyl halides is 3. The molecule has 10 nitrogen and oxygen atoms in total. The number of anilines is 1. The van der Waals surface area contributed by atoms with Gasteiger partial charge in [0.1, 0.15) is 18.9 Å². The fourth-order valence-electron chi connectivity index (χ4n) is 4.18. The Labute approximate surface area is 227 Å². The van der Waals surface area contributed by atoms with Gasteiger partial charge in [-0.2, -0.15) is 13.2 Å². The summed E-state index contributed by atoms with van der Waals surface area (Å²) in [5.74, 6) is -0.364. The number of halogens is 3. The molecule has 2 aromatic carbocycles. The third-order valence-electron chi connectivity index (χ3n) is 6.46. The third-order valence-corrected chi connectivity index (χ3v) is 6.46. The molecule has 0 aliphatic carbocycles. The zero-order chi connectivity index (χ0) is 29.3. The van der Waals surface area contributed by atoms with Crippen molar-refractivity contribution in [2.45, 2.75) is 24.2 Å². The Morgan fingerprint density at radius 3 is 2.50 bits per heavy atom. The summed E-state index contributed by atoms with van der Waals surface area (Å²) in [5, 5.41) is 22.2. The Morgan fingerprint density at radius 1 is 1.18 bits per heavy atom. The molecule has 2 heterocycles. The number of hydrogen-bond donors (Lipinski definition) is 5. The van der Waals surface area contributed by atoms with E-state index < -0.39 is 35.5 Å². The summed E-state index contributed by atoms with van der Waals surface area (Å²) in [5.41, 5.74) is 7.58. The number of aromatic nitrogens is 1. The summed E-state index contributed by atoms with van der Waals surface area (Å²) < 4.78 is 59.6. The summed E-state index contributed by atoms with van der Waals surface area (Å²) in [7, 11) is 1.32. The lowest BCUT2D eigenvalue weighted by Crippen LogP contribution is -2.51. The summed E-state index contributed by atoms with van der Waals surface area (Å²) in [6, 6.07) is 11.2. The normalized spacial score (nSPS) is 17.9. The minimum Gasteiger partial charge on any atom is -0.493 e. The van der Waals surface area contributed by atoms with Crippen molar-refractivity contribution in [3.8, 4) is 28.5 Å². The van der Waals surface area contributed by atoms with E-state index in [0.29, 0.717) is 11.3 Å². The number of nitrogen functional groups attached to an aromatic ring is 1. The largest absolute Gasteiger partial charge is 0.493 e. The van der Waals surface area contributed by atoms with Crippen molar-refractivity contribution in [1.82, 2.24) is 10.3 Å². The maximum absolute atomic E-state index is 14.5. The number of rotatable bonds is 9. The van der Waals surface area contributed by atoms with Gasteiger partial charge in [-0.25, -0.2) is 4.98 Å². The van der Waals surface area contributed by atoms with E-state index in [1.165, 1.54) is 25.3 Å². The van der Waals surface area contributed by atoms with Crippen LogP contribution >= 0.6 is 0 Å². The van der Waals surface area contributed by atoms with E-state index >= 15 is 0 Å². The second-order valence-corrected chi connectivity index (χ2v) is 9.54. The van der Waals surface area contributed by atoms with Gasteiger partial charge in [-0.1, -0.05) is 12.1 Å². The SMILES string of the molecule is COc1cc(C(=O)NCC(O)(c2cc3c(c(-c4ccc(N)cc4)n2)OCC3(C)N)C(F)(F)F)ccc1OCCO. The fraction of sp³-hybridized carbons (Fsp3) is 0.333. The molecule has 0 saturated heterocycles. The van der Waals surface area contributed by atoms with Crippen LogP contribution in [-0.4, -0.2) is 60.8 Å². The molecule has 2 atom stereocenters. The first kappa shape index (κ1) is 28.9. The maximum Gasteiger partial charge on any atom is 0.424 e. The first-order chi connectivity index (χ1) is 18.8. The number of nitrogens with zero attached hydrogens (tertiary/aromatic N) is 1. The van der Waals surface area contributed by atoms with Crippen LogP contribution in [0.25, 0.3) is 11.3 Å². The molecule has 0 fully saturated rings. The molecule has 0 bridgehead atoms. The number of nitrogens with two attached hydrogens (primary N) is 2. The van der Waals surface area contributed by atoms with Crippen LogP contribution in [0.5, 0.6) is 17.2 Å². The van der Waals surface area contributed by atoms with Gasteiger partial charge >= 0.3 is 6.18 Å². The topological polar surface area (TPSA) is 162 Å². The first-order valence-corrected chi connectivity index (χ1v) is 12.1. The lowest BCUT2D eigenvalue weighted by molar-refractivity contribution is -0.265. The van der Waals surface area contributed by atoms with E-state index in [-0.39, 0.29) is 53.9 Å². The summed E-state index contributed by atoms with van der Waals surface area (Å²) >= 11 is 0. The Morgan fingerprint density at radius 2 is 1.88 bits per heavy atom. The number of benzene rings is 2. The van der Waals surface area contributed by atoms with Crippen molar-refractivity contribution in [3.63, 3.8) is 0 Å². The van der Waals surface area contributed by atoms with E-state index in [0.717, 1.165) is 6.07 Å². The Kier molecular flexibility index (Phi) is 7.83. The number of carbonyl (C=O) groups is 1. The van der Waals surface area contributed by atoms with E-state index in [2.05, 4.69) is 10.3 Å². The Bertz CT molecular complexity index is 1400. The van der Waals surface area contributed by atoms with Crippen molar-refractivity contribution in [2.75, 3.05) is 39.2 Å². The maximum atomic E-state index is 14.5. The van der Waals surface area contributed by atoms with E-state index in [4.69, 9.17) is 30.8 Å². The molecule has 4 rings (SSSR count). The van der Waals surface area contributed by atoms with E-state index in [9.17, 15) is 23.1 Å². The van der Waals surface area contributed by atoms with Crippen molar-refractivity contribution >= 4 is 11.6 Å². The summed E-state index contributed by atoms with van der Waals surface area (Å²) in [4.78, 5) is 17.0. The van der Waals surface area contributed by atoms with Gasteiger partial charge in [0.15, 0.2) is 17.2 Å². The molecule has 0 radical (unpaired) electrons. The lowest BCUT2D eigenvalue weighted by atomic mass is 9.89. The molecular weight excluding hydrogens is 533 g/mol. The van der Waals surface area contributed by atoms with Gasteiger partial charge in [-0.05, 0) is 43.3 Å². The highest BCUT2D eigenvalue weighted by atomic mass is 19.4. The molecule has 1 aromatic heterocycles. The van der Waals surface area contributed by atoms with Gasteiger partial charge in [0, 0.05) is 22.4 Å². The number of hydrogen-bond acceptors (Lipinski definition) is 9. The van der Waals surface area contributed by atoms with Crippen molar-refractivity contribution < 1.29 is 42.4 Å². The molecule has 13 heteroatoms. The summed E-state index contributed by atoms with van der Waals surface area (Å²) in [6.07, 6.45) is -5.25. The molecule has 1 aliphatic heterocycles. The molecule has 0 saturated carbocycles. The number of amides is 1. The van der Waals surface area contributed by atoms with Crippen molar-refractivity contribution in [3.05, 3.63) is 65.4 Å². The van der Waals surface area contributed by atoms with Crippen LogP contribution in [0.15, 0.2) is 48.5 Å². The van der Waals surface area contributed by atoms with Gasteiger partial charge in [0.2, 0.25) is 5.60 Å². The van der Waals surface area contributed by atoms with Gasteiger partial charge < -0.3 is 41.2 Å². The smallest absolute Gasteiger partial charge is 0.424 e. The van der Waals surface area contributed by atoms with E-state index in [1.807, 2.05) is 0 Å². The highest BCUT2D eigenvalue weighted by Gasteiger charge is 2.57. The van der Waals surface area contributed by atoms with Crippen LogP contribution in [0, 0.1) is 0 Å². The van der Waals surface area contributed by atoms with Crippen LogP contribution in [0.3, 0.4) is 0 Å². The Hall–Kier alpha value is -4.07. The minimum atomic E-state index is -5.25. The second-order valence-electron chi connectivity index (χ2n) is 9.54. The van der Waals surface area contributed by atoms with Gasteiger partial charge in [0.25, 0.3) is 5.91 Å². The molecule has 2 unspecified atom stereocenters. The van der Waals surface area contributed by atoms with Crippen LogP contribution in [0.4, 0.5) is 18.9 Å². The molecule has 7 N–H and O–H groups in total. The summed E-state index contributed by atoms with van der Waals surface area (Å²) in [6.45, 7) is 0.0320. The zero-order valence-corrected chi connectivity index (χ0v) is 21.7. The number of aliphatic hydroxyl groups excluding tert-OH is 1. The molecule has 3 aromatic rings. The average Bonchev–Trinajstić information content (AvgIpc) is 3.23. The van der Waals surface area contributed by atoms with Crippen LogP contribution < -0.4 is 31.0 Å². The molecule has 214 valence electrons. The van der Waals surface area contributed by atoms with E-state index in [1.54, 1.807) is 31.2 Å². The molecule has 40 heavy (non-hydrogen) atoms. The number of ether oxygens (including phenoxy) is 3. The van der Waals surface area contributed by atoms with Crippen molar-refractivity contribution in [2.24, 2.45) is 5.73 Å². The number of nitrogens with one attached hydrogen (secondary N) is 1. The molecule has 1 amide bonds. The highest BCUT2D eigenvalue weighted by molar-refractivity contribution is 5.95. The number of pyridine rings is 1. The highest BCUT2D eigenvalue weighted by Crippen LogP contribution is 2.46. The molecule has 0 spiro atoms. The van der Waals surface area contributed by atoms with Crippen LogP contribution in [-0.2, 0) is 11.1 Å². The molecular formula is C27H29F3N4O6. The van der Waals surface area contributed by atoms with Gasteiger partial charge in [0.05, 0.1) is 31.5 Å². The van der Waals surface area contributed by atoms with Gasteiger partial charge in [-0.3, -0.25) is 4.79 Å². The number of methoxy groups -OCH3 is 1. The number of aliphatic hydroxyl groups is 2.